The molecular formula is C21H32N6O4. The first-order valence-electron chi connectivity index (χ1n) is 10.9. The molecule has 10 nitrogen and oxygen atoms in total. The van der Waals surface area contributed by atoms with Gasteiger partial charge < -0.3 is 19.4 Å². The molecule has 170 valence electrons. The summed E-state index contributed by atoms with van der Waals surface area (Å²) in [4.78, 5) is 52.8. The molecule has 1 aromatic heterocycles. The van der Waals surface area contributed by atoms with Gasteiger partial charge >= 0.3 is 0 Å². The van der Waals surface area contributed by atoms with Crippen molar-refractivity contribution in [3.8, 4) is 0 Å². The van der Waals surface area contributed by atoms with Gasteiger partial charge in [-0.05, 0) is 6.42 Å². The highest BCUT2D eigenvalue weighted by Gasteiger charge is 2.24. The molecule has 0 radical (unpaired) electrons. The molecule has 1 aromatic rings. The van der Waals surface area contributed by atoms with Crippen LogP contribution in [0.3, 0.4) is 0 Å². The average Bonchev–Trinajstić information content (AvgIpc) is 2.82. The van der Waals surface area contributed by atoms with E-state index in [2.05, 4.69) is 14.9 Å². The smallest absolute Gasteiger partial charge is 0.274 e. The van der Waals surface area contributed by atoms with Crippen LogP contribution in [-0.4, -0.2) is 119 Å². The van der Waals surface area contributed by atoms with E-state index in [0.717, 1.165) is 39.3 Å². The highest BCUT2D eigenvalue weighted by Crippen LogP contribution is 2.08. The van der Waals surface area contributed by atoms with E-state index in [1.54, 1.807) is 21.6 Å². The molecule has 0 bridgehead atoms. The topological polar surface area (TPSA) is 99.2 Å². The number of piperazine rings is 1. The van der Waals surface area contributed by atoms with Crippen LogP contribution in [0.5, 0.6) is 0 Å². The molecule has 2 fully saturated rings. The van der Waals surface area contributed by atoms with Crippen LogP contribution in [-0.2, 0) is 14.3 Å². The molecule has 2 aliphatic rings. The Bertz CT molecular complexity index is 733. The minimum atomic E-state index is -0.204. The van der Waals surface area contributed by atoms with Gasteiger partial charge in [-0.1, -0.05) is 0 Å². The number of carbonyl (C=O) groups excluding carboxylic acids is 3. The third-order valence-electron chi connectivity index (χ3n) is 5.75. The molecule has 3 rings (SSSR count). The first-order chi connectivity index (χ1) is 15.0. The van der Waals surface area contributed by atoms with Crippen LogP contribution in [0.4, 0.5) is 0 Å². The Balaban J connectivity index is 1.52. The largest absolute Gasteiger partial charge is 0.379 e. The molecule has 0 saturated carbocycles. The molecule has 0 aromatic carbocycles. The number of carbonyl (C=O) groups is 3. The molecule has 2 saturated heterocycles. The third kappa shape index (κ3) is 6.96. The summed E-state index contributed by atoms with van der Waals surface area (Å²) in [7, 11) is 0. The Hall–Kier alpha value is -2.59. The van der Waals surface area contributed by atoms with E-state index in [1.807, 2.05) is 0 Å². The van der Waals surface area contributed by atoms with Crippen LogP contribution in [0, 0.1) is 0 Å². The van der Waals surface area contributed by atoms with Gasteiger partial charge in [-0.3, -0.25) is 24.3 Å². The zero-order valence-corrected chi connectivity index (χ0v) is 18.2. The molecule has 2 aliphatic heterocycles. The van der Waals surface area contributed by atoms with Crippen molar-refractivity contribution < 1.29 is 19.1 Å². The zero-order chi connectivity index (χ0) is 22.1. The van der Waals surface area contributed by atoms with Gasteiger partial charge in [0.2, 0.25) is 11.8 Å². The number of aromatic nitrogens is 2. The molecule has 31 heavy (non-hydrogen) atoms. The van der Waals surface area contributed by atoms with Crippen LogP contribution in [0.25, 0.3) is 0 Å². The summed E-state index contributed by atoms with van der Waals surface area (Å²) in [5, 5.41) is 0. The number of nitrogens with zero attached hydrogens (tertiary/aromatic N) is 6. The SMILES string of the molecule is CC(=O)N1CCN(C(=O)CCN(CCCN2CCOCC2)C(=O)c2cnccn2)CC1. The van der Waals surface area contributed by atoms with Gasteiger partial charge in [0, 0.05) is 84.6 Å². The van der Waals surface area contributed by atoms with E-state index in [-0.39, 0.29) is 29.8 Å². The molecular weight excluding hydrogens is 400 g/mol. The van der Waals surface area contributed by atoms with Crippen molar-refractivity contribution in [2.75, 3.05) is 72.1 Å². The number of hydrogen-bond donors (Lipinski definition) is 0. The molecule has 0 atom stereocenters. The van der Waals surface area contributed by atoms with Crippen molar-refractivity contribution >= 4 is 17.7 Å². The fourth-order valence-electron chi connectivity index (χ4n) is 3.86. The average molecular weight is 433 g/mol. The second kappa shape index (κ2) is 11.7. The Morgan fingerprint density at radius 1 is 1.00 bits per heavy atom. The summed E-state index contributed by atoms with van der Waals surface area (Å²) < 4.78 is 5.38. The summed E-state index contributed by atoms with van der Waals surface area (Å²) in [6, 6.07) is 0. The van der Waals surface area contributed by atoms with Crippen molar-refractivity contribution in [1.82, 2.24) is 29.6 Å². The first-order valence-corrected chi connectivity index (χ1v) is 10.9. The third-order valence-corrected chi connectivity index (χ3v) is 5.75. The van der Waals surface area contributed by atoms with Gasteiger partial charge in [-0.2, -0.15) is 0 Å². The van der Waals surface area contributed by atoms with Gasteiger partial charge in [0.05, 0.1) is 19.4 Å². The maximum atomic E-state index is 13.0. The molecule has 0 aliphatic carbocycles. The van der Waals surface area contributed by atoms with Crippen LogP contribution in [0.15, 0.2) is 18.6 Å². The molecule has 0 N–H and O–H groups in total. The first kappa shape index (κ1) is 23.1. The number of ether oxygens (including phenoxy) is 1. The van der Waals surface area contributed by atoms with Crippen molar-refractivity contribution in [3.63, 3.8) is 0 Å². The molecule has 10 heteroatoms. The second-order valence-electron chi connectivity index (χ2n) is 7.83. The van der Waals surface area contributed by atoms with Crippen LogP contribution in [0.1, 0.15) is 30.3 Å². The Morgan fingerprint density at radius 3 is 2.35 bits per heavy atom. The Morgan fingerprint density at radius 2 is 1.71 bits per heavy atom. The number of morpholine rings is 1. The molecule has 3 amide bonds. The Kier molecular flexibility index (Phi) is 8.72. The summed E-state index contributed by atoms with van der Waals surface area (Å²) in [5.41, 5.74) is 0.288. The summed E-state index contributed by atoms with van der Waals surface area (Å²) in [6.07, 6.45) is 5.56. The van der Waals surface area contributed by atoms with E-state index < -0.39 is 0 Å². The lowest BCUT2D eigenvalue weighted by molar-refractivity contribution is -0.138. The minimum absolute atomic E-state index is 0.00771. The highest BCUT2D eigenvalue weighted by atomic mass is 16.5. The number of rotatable bonds is 8. The minimum Gasteiger partial charge on any atom is -0.379 e. The normalized spacial score (nSPS) is 17.5. The van der Waals surface area contributed by atoms with Gasteiger partial charge in [-0.25, -0.2) is 4.98 Å². The van der Waals surface area contributed by atoms with Crippen LogP contribution >= 0.6 is 0 Å². The standard InChI is InChI=1S/C21H32N6O4/c1-18(28)25-9-11-26(12-10-25)20(29)3-8-27(21(30)19-17-22-4-5-23-19)7-2-6-24-13-15-31-16-14-24/h4-5,17H,2-3,6-16H2,1H3. The van der Waals surface area contributed by atoms with E-state index in [9.17, 15) is 14.4 Å². The lowest BCUT2D eigenvalue weighted by Gasteiger charge is -2.34. The van der Waals surface area contributed by atoms with E-state index in [0.29, 0.717) is 39.3 Å². The zero-order valence-electron chi connectivity index (χ0n) is 18.2. The monoisotopic (exact) mass is 432 g/mol. The molecule has 0 unspecified atom stereocenters. The van der Waals surface area contributed by atoms with E-state index in [4.69, 9.17) is 4.74 Å². The van der Waals surface area contributed by atoms with Crippen molar-refractivity contribution in [2.24, 2.45) is 0 Å². The maximum absolute atomic E-state index is 13.0. The van der Waals surface area contributed by atoms with E-state index >= 15 is 0 Å². The molecule has 3 heterocycles. The lowest BCUT2D eigenvalue weighted by Crippen LogP contribution is -2.50. The van der Waals surface area contributed by atoms with Crippen LogP contribution < -0.4 is 0 Å². The fourth-order valence-corrected chi connectivity index (χ4v) is 3.86. The summed E-state index contributed by atoms with van der Waals surface area (Å²) in [5.74, 6) is -0.161. The Labute approximate surface area is 183 Å². The van der Waals surface area contributed by atoms with Crippen LogP contribution in [0.2, 0.25) is 0 Å². The molecule has 0 spiro atoms. The van der Waals surface area contributed by atoms with Crippen molar-refractivity contribution in [1.29, 1.82) is 0 Å². The summed E-state index contributed by atoms with van der Waals surface area (Å²) >= 11 is 0. The summed E-state index contributed by atoms with van der Waals surface area (Å²) in [6.45, 7) is 8.81. The predicted molar refractivity (Wildman–Crippen MR) is 113 cm³/mol. The van der Waals surface area contributed by atoms with Gasteiger partial charge in [-0.15, -0.1) is 0 Å². The highest BCUT2D eigenvalue weighted by molar-refractivity contribution is 5.92. The maximum Gasteiger partial charge on any atom is 0.274 e. The fraction of sp³-hybridized carbons (Fsp3) is 0.667. The predicted octanol–water partition coefficient (Wildman–Crippen LogP) is -0.278. The number of amides is 3. The lowest BCUT2D eigenvalue weighted by atomic mass is 10.2. The van der Waals surface area contributed by atoms with Gasteiger partial charge in [0.25, 0.3) is 5.91 Å². The number of hydrogen-bond acceptors (Lipinski definition) is 7. The quantitative estimate of drug-likeness (QED) is 0.557. The van der Waals surface area contributed by atoms with Crippen molar-refractivity contribution in [3.05, 3.63) is 24.3 Å². The van der Waals surface area contributed by atoms with Crippen molar-refractivity contribution in [2.45, 2.75) is 19.8 Å². The van der Waals surface area contributed by atoms with Gasteiger partial charge in [0.1, 0.15) is 5.69 Å². The van der Waals surface area contributed by atoms with E-state index in [1.165, 1.54) is 18.6 Å². The van der Waals surface area contributed by atoms with Gasteiger partial charge in [0.15, 0.2) is 0 Å². The second-order valence-corrected chi connectivity index (χ2v) is 7.83.